The van der Waals surface area contributed by atoms with Gasteiger partial charge in [-0.1, -0.05) is 6.07 Å². The molecule has 0 fully saturated rings. The Morgan fingerprint density at radius 3 is 2.52 bits per heavy atom. The van der Waals surface area contributed by atoms with Crippen LogP contribution in [0.1, 0.15) is 33.9 Å². The smallest absolute Gasteiger partial charge is 0.305 e. The van der Waals surface area contributed by atoms with E-state index in [2.05, 4.69) is 15.5 Å². The molecule has 10 nitrogen and oxygen atoms in total. The van der Waals surface area contributed by atoms with Gasteiger partial charge in [0.25, 0.3) is 5.91 Å². The summed E-state index contributed by atoms with van der Waals surface area (Å²) in [7, 11) is 3.17. The van der Waals surface area contributed by atoms with Gasteiger partial charge in [0.2, 0.25) is 0 Å². The molecule has 0 bridgehead atoms. The second kappa shape index (κ2) is 9.33. The zero-order valence-corrected chi connectivity index (χ0v) is 17.9. The van der Waals surface area contributed by atoms with Crippen LogP contribution in [-0.2, 0) is 17.9 Å². The van der Waals surface area contributed by atoms with Crippen LogP contribution in [0.15, 0.2) is 30.5 Å². The van der Waals surface area contributed by atoms with E-state index in [4.69, 9.17) is 14.6 Å². The molecule has 3 aromatic rings. The van der Waals surface area contributed by atoms with Gasteiger partial charge in [-0.25, -0.2) is 0 Å². The van der Waals surface area contributed by atoms with E-state index in [0.717, 1.165) is 11.3 Å². The van der Waals surface area contributed by atoms with Crippen molar-refractivity contribution in [2.45, 2.75) is 33.4 Å². The van der Waals surface area contributed by atoms with Crippen molar-refractivity contribution in [3.8, 4) is 11.5 Å². The number of benzene rings is 1. The Labute approximate surface area is 179 Å². The number of carboxylic acids is 1. The molecule has 0 saturated heterocycles. The van der Waals surface area contributed by atoms with Crippen LogP contribution in [0.4, 0.5) is 5.69 Å². The van der Waals surface area contributed by atoms with E-state index >= 15 is 0 Å². The number of aromatic nitrogens is 4. The second-order valence-electron chi connectivity index (χ2n) is 6.95. The zero-order chi connectivity index (χ0) is 22.5. The third-order valence-corrected chi connectivity index (χ3v) is 4.83. The molecular weight excluding hydrogens is 402 g/mol. The first-order valence-electron chi connectivity index (χ1n) is 9.64. The Balaban J connectivity index is 1.74. The van der Waals surface area contributed by atoms with E-state index in [9.17, 15) is 9.59 Å². The molecule has 0 saturated carbocycles. The van der Waals surface area contributed by atoms with Crippen molar-refractivity contribution in [3.63, 3.8) is 0 Å². The summed E-state index contributed by atoms with van der Waals surface area (Å²) >= 11 is 0. The molecule has 31 heavy (non-hydrogen) atoms. The quantitative estimate of drug-likeness (QED) is 0.538. The molecule has 1 aromatic carbocycles. The van der Waals surface area contributed by atoms with Crippen LogP contribution in [0.25, 0.3) is 0 Å². The largest absolute Gasteiger partial charge is 0.493 e. The third kappa shape index (κ3) is 5.03. The van der Waals surface area contributed by atoms with Gasteiger partial charge in [-0.05, 0) is 37.6 Å². The number of anilines is 1. The van der Waals surface area contributed by atoms with Crippen LogP contribution < -0.4 is 14.8 Å². The topological polar surface area (TPSA) is 121 Å². The van der Waals surface area contributed by atoms with Crippen molar-refractivity contribution in [3.05, 3.63) is 53.1 Å². The summed E-state index contributed by atoms with van der Waals surface area (Å²) in [6.07, 6.45) is 1.52. The molecule has 0 unspecified atom stereocenters. The Bertz CT molecular complexity index is 1100. The van der Waals surface area contributed by atoms with Gasteiger partial charge in [0.1, 0.15) is 0 Å². The van der Waals surface area contributed by atoms with E-state index in [1.165, 1.54) is 4.68 Å². The van der Waals surface area contributed by atoms with E-state index in [0.29, 0.717) is 29.4 Å². The van der Waals surface area contributed by atoms with Crippen molar-refractivity contribution >= 4 is 17.6 Å². The highest BCUT2D eigenvalue weighted by atomic mass is 16.5. The van der Waals surface area contributed by atoms with Crippen molar-refractivity contribution in [2.75, 3.05) is 19.5 Å². The monoisotopic (exact) mass is 427 g/mol. The lowest BCUT2D eigenvalue weighted by atomic mass is 10.2. The van der Waals surface area contributed by atoms with Crippen LogP contribution in [0.3, 0.4) is 0 Å². The Morgan fingerprint density at radius 1 is 1.10 bits per heavy atom. The summed E-state index contributed by atoms with van der Waals surface area (Å²) in [6.45, 7) is 4.39. The summed E-state index contributed by atoms with van der Waals surface area (Å²) in [5.74, 6) is -0.0236. The minimum absolute atomic E-state index is 0.0656. The summed E-state index contributed by atoms with van der Waals surface area (Å²) < 4.78 is 13.9. The highest BCUT2D eigenvalue weighted by Gasteiger charge is 2.17. The number of amides is 1. The molecule has 0 spiro atoms. The van der Waals surface area contributed by atoms with E-state index < -0.39 is 5.97 Å². The number of hydrogen-bond acceptors (Lipinski definition) is 6. The number of rotatable bonds is 9. The fraction of sp³-hybridized carbons (Fsp3) is 0.333. The molecule has 2 N–H and O–H groups in total. The van der Waals surface area contributed by atoms with E-state index in [1.54, 1.807) is 31.2 Å². The molecule has 2 heterocycles. The molecular formula is C21H25N5O5. The summed E-state index contributed by atoms with van der Waals surface area (Å²) in [5.41, 5.74) is 3.27. The molecule has 0 aliphatic carbocycles. The lowest BCUT2D eigenvalue weighted by Gasteiger charge is -2.11. The van der Waals surface area contributed by atoms with Gasteiger partial charge < -0.3 is 19.9 Å². The van der Waals surface area contributed by atoms with Crippen LogP contribution in [0, 0.1) is 13.8 Å². The Hall–Kier alpha value is -3.82. The summed E-state index contributed by atoms with van der Waals surface area (Å²) in [5, 5.41) is 20.3. The van der Waals surface area contributed by atoms with Crippen LogP contribution in [-0.4, -0.2) is 50.8 Å². The minimum Gasteiger partial charge on any atom is -0.493 e. The van der Waals surface area contributed by atoms with Crippen molar-refractivity contribution in [2.24, 2.45) is 0 Å². The molecule has 164 valence electrons. The third-order valence-electron chi connectivity index (χ3n) is 4.83. The molecule has 10 heteroatoms. The van der Waals surface area contributed by atoms with Crippen LogP contribution in [0.2, 0.25) is 0 Å². The number of nitrogens with zero attached hydrogens (tertiary/aromatic N) is 4. The molecule has 0 radical (unpaired) electrons. The maximum Gasteiger partial charge on any atom is 0.305 e. The van der Waals surface area contributed by atoms with Crippen molar-refractivity contribution in [1.29, 1.82) is 0 Å². The van der Waals surface area contributed by atoms with Gasteiger partial charge >= 0.3 is 5.97 Å². The highest BCUT2D eigenvalue weighted by Crippen LogP contribution is 2.28. The second-order valence-corrected chi connectivity index (χ2v) is 6.95. The number of methoxy groups -OCH3 is 2. The number of hydrogen-bond donors (Lipinski definition) is 2. The predicted octanol–water partition coefficient (Wildman–Crippen LogP) is 2.49. The molecule has 2 aromatic heterocycles. The first-order valence-corrected chi connectivity index (χ1v) is 9.64. The number of carboxylic acid groups (broad SMARTS) is 1. The van der Waals surface area contributed by atoms with Gasteiger partial charge in [0, 0.05) is 6.20 Å². The van der Waals surface area contributed by atoms with Crippen molar-refractivity contribution in [1.82, 2.24) is 19.6 Å². The van der Waals surface area contributed by atoms with Crippen molar-refractivity contribution < 1.29 is 24.2 Å². The number of carbonyl (C=O) groups is 2. The highest BCUT2D eigenvalue weighted by molar-refractivity contribution is 6.03. The minimum atomic E-state index is -0.922. The van der Waals surface area contributed by atoms with Gasteiger partial charge in [-0.2, -0.15) is 10.2 Å². The SMILES string of the molecule is COc1ccc(Cn2nc(C)c(NC(=O)c3ccn(CCC(=O)O)n3)c2C)cc1OC. The standard InChI is InChI=1S/C21H25N5O5/c1-13-20(22-21(29)16-7-9-25(24-16)10-8-19(27)28)14(2)26(23-13)12-15-5-6-17(30-3)18(11-15)31-4/h5-7,9,11H,8,10,12H2,1-4H3,(H,22,29)(H,27,28). The van der Waals surface area contributed by atoms with Gasteiger partial charge in [0.15, 0.2) is 17.2 Å². The fourth-order valence-corrected chi connectivity index (χ4v) is 3.18. The lowest BCUT2D eigenvalue weighted by molar-refractivity contribution is -0.137. The first-order chi connectivity index (χ1) is 14.8. The molecule has 0 aliphatic heterocycles. The number of aryl methyl sites for hydroxylation is 2. The molecule has 3 rings (SSSR count). The summed E-state index contributed by atoms with van der Waals surface area (Å²) in [6, 6.07) is 7.20. The summed E-state index contributed by atoms with van der Waals surface area (Å²) in [4.78, 5) is 23.3. The normalized spacial score (nSPS) is 10.7. The van der Waals surface area contributed by atoms with E-state index in [1.807, 2.05) is 32.0 Å². The zero-order valence-electron chi connectivity index (χ0n) is 17.9. The Morgan fingerprint density at radius 2 is 1.84 bits per heavy atom. The van der Waals surface area contributed by atoms with Gasteiger partial charge in [0.05, 0.1) is 50.8 Å². The number of carbonyl (C=O) groups excluding carboxylic acids is 1. The average molecular weight is 427 g/mol. The average Bonchev–Trinajstić information content (AvgIpc) is 3.32. The van der Waals surface area contributed by atoms with Gasteiger partial charge in [-0.3, -0.25) is 19.0 Å². The molecule has 1 amide bonds. The molecule has 0 atom stereocenters. The first kappa shape index (κ1) is 21.9. The van der Waals surface area contributed by atoms with Gasteiger partial charge in [-0.15, -0.1) is 0 Å². The predicted molar refractivity (Wildman–Crippen MR) is 113 cm³/mol. The number of aliphatic carboxylic acids is 1. The maximum atomic E-state index is 12.6. The maximum absolute atomic E-state index is 12.6. The Kier molecular flexibility index (Phi) is 6.58. The lowest BCUT2D eigenvalue weighted by Crippen LogP contribution is -2.15. The number of nitrogens with one attached hydrogen (secondary N) is 1. The van der Waals surface area contributed by atoms with E-state index in [-0.39, 0.29) is 24.6 Å². The fourth-order valence-electron chi connectivity index (χ4n) is 3.18. The van der Waals surface area contributed by atoms with Crippen LogP contribution >= 0.6 is 0 Å². The van der Waals surface area contributed by atoms with Crippen LogP contribution in [0.5, 0.6) is 11.5 Å². The molecule has 0 aliphatic rings. The number of ether oxygens (including phenoxy) is 2.